The first-order valence-corrected chi connectivity index (χ1v) is 5.76. The molecule has 0 spiro atoms. The number of hydrogen-bond acceptors (Lipinski definition) is 6. The molecule has 0 saturated heterocycles. The second-order valence-corrected chi connectivity index (χ2v) is 4.34. The van der Waals surface area contributed by atoms with Crippen molar-refractivity contribution in [2.45, 2.75) is 11.7 Å². The van der Waals surface area contributed by atoms with Gasteiger partial charge in [0.15, 0.2) is 0 Å². The van der Waals surface area contributed by atoms with Crippen LogP contribution in [0.2, 0.25) is 0 Å². The fraction of sp³-hybridized carbons (Fsp3) is 0.500. The Balaban J connectivity index is 2.64. The molecule has 0 amide bonds. The molecule has 0 aliphatic carbocycles. The summed E-state index contributed by atoms with van der Waals surface area (Å²) in [6.45, 7) is 0.0175. The van der Waals surface area contributed by atoms with Crippen molar-refractivity contribution in [3.8, 4) is 0 Å². The molecule has 0 aliphatic heterocycles. The summed E-state index contributed by atoms with van der Waals surface area (Å²) in [6.07, 6.45) is 3.47. The molecule has 1 heterocycles. The van der Waals surface area contributed by atoms with Crippen LogP contribution in [0.15, 0.2) is 5.16 Å². The maximum atomic E-state index is 10.4. The molecule has 0 atom stereocenters. The molecule has 0 aromatic carbocycles. The van der Waals surface area contributed by atoms with Gasteiger partial charge in [0.25, 0.3) is 10.1 Å². The topological polar surface area (TPSA) is 98.0 Å². The van der Waals surface area contributed by atoms with E-state index in [0.29, 0.717) is 5.16 Å². The van der Waals surface area contributed by atoms with Crippen molar-refractivity contribution in [2.75, 3.05) is 5.75 Å². The Hall–Kier alpha value is -0.670. The molecular formula is C4H7N4O3S2. The van der Waals surface area contributed by atoms with Crippen LogP contribution in [-0.4, -0.2) is 38.9 Å². The first kappa shape index (κ1) is 10.4. The van der Waals surface area contributed by atoms with Gasteiger partial charge in [-0.1, -0.05) is 11.8 Å². The van der Waals surface area contributed by atoms with Crippen LogP contribution in [0.5, 0.6) is 0 Å². The molecule has 7 nitrogen and oxygen atoms in total. The number of thioether (sulfide) groups is 1. The zero-order valence-electron chi connectivity index (χ0n) is 6.49. The van der Waals surface area contributed by atoms with Crippen molar-refractivity contribution in [3.63, 3.8) is 0 Å². The summed E-state index contributed by atoms with van der Waals surface area (Å²) in [4.78, 5) is 0. The Morgan fingerprint density at radius 3 is 2.85 bits per heavy atom. The highest BCUT2D eigenvalue weighted by molar-refractivity contribution is 8.00. The van der Waals surface area contributed by atoms with E-state index < -0.39 is 15.9 Å². The van der Waals surface area contributed by atoms with Gasteiger partial charge in [0.1, 0.15) is 0 Å². The van der Waals surface area contributed by atoms with Crippen LogP contribution in [0.25, 0.3) is 0 Å². The Kier molecular flexibility index (Phi) is 3.22. The molecule has 73 valence electrons. The van der Waals surface area contributed by atoms with Crippen LogP contribution in [0.3, 0.4) is 0 Å². The monoisotopic (exact) mass is 223 g/mol. The minimum absolute atomic E-state index is 0.0175. The average Bonchev–Trinajstić information content (AvgIpc) is 2.46. The van der Waals surface area contributed by atoms with Crippen molar-refractivity contribution >= 4 is 21.9 Å². The summed E-state index contributed by atoms with van der Waals surface area (Å²) in [5, 5.41) is 10.8. The quantitative estimate of drug-likeness (QED) is 0.540. The van der Waals surface area contributed by atoms with E-state index in [2.05, 4.69) is 21.8 Å². The molecule has 0 saturated carbocycles. The largest absolute Gasteiger partial charge is 0.285 e. The number of rotatable bonds is 4. The SMILES string of the molecule is [CH2]Sc1nnnn1CCS(=O)(=O)O. The number of tetrazole rings is 1. The first-order chi connectivity index (χ1) is 6.03. The lowest BCUT2D eigenvalue weighted by atomic mass is 10.8. The summed E-state index contributed by atoms with van der Waals surface area (Å²) in [5.74, 6) is -0.411. The van der Waals surface area contributed by atoms with Gasteiger partial charge >= 0.3 is 0 Å². The molecule has 0 fully saturated rings. The Morgan fingerprint density at radius 1 is 1.62 bits per heavy atom. The molecule has 0 unspecified atom stereocenters. The van der Waals surface area contributed by atoms with Gasteiger partial charge in [-0.3, -0.25) is 4.55 Å². The van der Waals surface area contributed by atoms with E-state index in [9.17, 15) is 8.42 Å². The minimum atomic E-state index is -3.97. The normalized spacial score (nSPS) is 11.8. The van der Waals surface area contributed by atoms with E-state index in [1.165, 1.54) is 4.68 Å². The number of nitrogens with zero attached hydrogens (tertiary/aromatic N) is 4. The second kappa shape index (κ2) is 4.03. The standard InChI is InChI=1S/C4H7N4O3S2/c1-12-4-5-6-7-8(4)2-3-13(9,10)11/h1-3H2,(H,9,10,11). The van der Waals surface area contributed by atoms with Gasteiger partial charge in [-0.2, -0.15) is 8.42 Å². The van der Waals surface area contributed by atoms with Crippen LogP contribution in [-0.2, 0) is 16.7 Å². The molecule has 1 radical (unpaired) electrons. The zero-order valence-corrected chi connectivity index (χ0v) is 8.12. The maximum Gasteiger partial charge on any atom is 0.266 e. The first-order valence-electron chi connectivity index (χ1n) is 3.16. The van der Waals surface area contributed by atoms with Crippen LogP contribution >= 0.6 is 11.8 Å². The third-order valence-electron chi connectivity index (χ3n) is 1.19. The van der Waals surface area contributed by atoms with E-state index in [0.717, 1.165) is 11.8 Å². The Labute approximate surface area is 79.3 Å². The smallest absolute Gasteiger partial charge is 0.266 e. The highest BCUT2D eigenvalue weighted by atomic mass is 32.2. The third kappa shape index (κ3) is 3.28. The molecule has 1 rings (SSSR count). The van der Waals surface area contributed by atoms with Gasteiger partial charge in [-0.25, -0.2) is 4.68 Å². The van der Waals surface area contributed by atoms with Gasteiger partial charge in [0, 0.05) is 6.26 Å². The summed E-state index contributed by atoms with van der Waals surface area (Å²) >= 11 is 1.05. The minimum Gasteiger partial charge on any atom is -0.285 e. The predicted molar refractivity (Wildman–Crippen MR) is 45.4 cm³/mol. The van der Waals surface area contributed by atoms with E-state index in [1.807, 2.05) is 0 Å². The Morgan fingerprint density at radius 2 is 2.31 bits per heavy atom. The third-order valence-corrected chi connectivity index (χ3v) is 2.44. The van der Waals surface area contributed by atoms with Gasteiger partial charge in [0.05, 0.1) is 12.3 Å². The van der Waals surface area contributed by atoms with E-state index in [-0.39, 0.29) is 6.54 Å². The second-order valence-electron chi connectivity index (χ2n) is 2.11. The highest BCUT2D eigenvalue weighted by Crippen LogP contribution is 2.09. The van der Waals surface area contributed by atoms with Gasteiger partial charge in [0.2, 0.25) is 5.16 Å². The van der Waals surface area contributed by atoms with Crippen molar-refractivity contribution in [3.05, 3.63) is 6.26 Å². The molecule has 9 heteroatoms. The van der Waals surface area contributed by atoms with Crippen LogP contribution < -0.4 is 0 Å². The molecule has 1 N–H and O–H groups in total. The lowest BCUT2D eigenvalue weighted by Crippen LogP contribution is -2.13. The number of hydrogen-bond donors (Lipinski definition) is 1. The lowest BCUT2D eigenvalue weighted by molar-refractivity contribution is 0.471. The summed E-state index contributed by atoms with van der Waals surface area (Å²) in [5.41, 5.74) is 0. The van der Waals surface area contributed by atoms with Crippen molar-refractivity contribution < 1.29 is 13.0 Å². The zero-order chi connectivity index (χ0) is 9.90. The van der Waals surface area contributed by atoms with Crippen molar-refractivity contribution in [1.82, 2.24) is 20.2 Å². The number of aryl methyl sites for hydroxylation is 1. The average molecular weight is 223 g/mol. The van der Waals surface area contributed by atoms with E-state index in [4.69, 9.17) is 4.55 Å². The molecule has 1 aromatic rings. The van der Waals surface area contributed by atoms with Crippen LogP contribution in [0.4, 0.5) is 0 Å². The Bertz CT molecular complexity index is 372. The molecule has 1 aromatic heterocycles. The predicted octanol–water partition coefficient (Wildman–Crippen LogP) is -0.555. The van der Waals surface area contributed by atoms with Crippen molar-refractivity contribution in [1.29, 1.82) is 0 Å². The highest BCUT2D eigenvalue weighted by Gasteiger charge is 2.09. The van der Waals surface area contributed by atoms with E-state index >= 15 is 0 Å². The van der Waals surface area contributed by atoms with Crippen LogP contribution in [0.1, 0.15) is 0 Å². The summed E-state index contributed by atoms with van der Waals surface area (Å²) in [6, 6.07) is 0. The van der Waals surface area contributed by atoms with Crippen molar-refractivity contribution in [2.24, 2.45) is 0 Å². The number of aromatic nitrogens is 4. The molecule has 0 bridgehead atoms. The fourth-order valence-corrected chi connectivity index (χ4v) is 1.42. The van der Waals surface area contributed by atoms with Crippen LogP contribution in [0, 0.1) is 6.26 Å². The molecular weight excluding hydrogens is 216 g/mol. The molecule has 0 aliphatic rings. The lowest BCUT2D eigenvalue weighted by Gasteiger charge is -1.99. The fourth-order valence-electron chi connectivity index (χ4n) is 0.642. The summed E-state index contributed by atoms with van der Waals surface area (Å²) in [7, 11) is -3.97. The van der Waals surface area contributed by atoms with Gasteiger partial charge in [-0.15, -0.1) is 5.10 Å². The summed E-state index contributed by atoms with van der Waals surface area (Å²) < 4.78 is 30.5. The van der Waals surface area contributed by atoms with Gasteiger partial charge in [-0.05, 0) is 10.4 Å². The van der Waals surface area contributed by atoms with Gasteiger partial charge < -0.3 is 0 Å². The maximum absolute atomic E-state index is 10.4. The molecule has 13 heavy (non-hydrogen) atoms. The van der Waals surface area contributed by atoms with E-state index in [1.54, 1.807) is 0 Å².